The number of fused-ring (bicyclic) bond motifs is 1. The SMILES string of the molecule is Cc1cc(C)c2c(c1)C(=O)[C@](O)(C1CC(=O)NC(=O)C1)O2. The third-order valence-electron chi connectivity index (χ3n) is 3.94. The van der Waals surface area contributed by atoms with Gasteiger partial charge in [0.1, 0.15) is 5.75 Å². The van der Waals surface area contributed by atoms with E-state index in [0.717, 1.165) is 11.1 Å². The Morgan fingerprint density at radius 1 is 1.19 bits per heavy atom. The fraction of sp³-hybridized carbons (Fsp3) is 0.400. The first kappa shape index (κ1) is 13.8. The highest BCUT2D eigenvalue weighted by molar-refractivity contribution is 6.08. The van der Waals surface area contributed by atoms with E-state index in [0.29, 0.717) is 11.3 Å². The number of hydrogen-bond donors (Lipinski definition) is 2. The summed E-state index contributed by atoms with van der Waals surface area (Å²) in [6, 6.07) is 3.49. The summed E-state index contributed by atoms with van der Waals surface area (Å²) in [5, 5.41) is 12.8. The Morgan fingerprint density at radius 3 is 2.43 bits per heavy atom. The van der Waals surface area contributed by atoms with Gasteiger partial charge in [-0.2, -0.15) is 0 Å². The van der Waals surface area contributed by atoms with Crippen LogP contribution in [0, 0.1) is 19.8 Å². The van der Waals surface area contributed by atoms with Gasteiger partial charge in [-0.05, 0) is 31.0 Å². The van der Waals surface area contributed by atoms with Gasteiger partial charge in [-0.15, -0.1) is 0 Å². The first-order chi connectivity index (χ1) is 9.81. The monoisotopic (exact) mass is 289 g/mol. The molecule has 1 aromatic carbocycles. The summed E-state index contributed by atoms with van der Waals surface area (Å²) in [5.41, 5.74) is 1.92. The van der Waals surface area contributed by atoms with E-state index in [4.69, 9.17) is 4.74 Å². The second-order valence-electron chi connectivity index (χ2n) is 5.66. The minimum atomic E-state index is -2.14. The first-order valence-corrected chi connectivity index (χ1v) is 6.71. The number of nitrogens with one attached hydrogen (secondary N) is 1. The normalized spacial score (nSPS) is 25.6. The van der Waals surface area contributed by atoms with Crippen LogP contribution in [0.4, 0.5) is 0 Å². The molecule has 2 aliphatic heterocycles. The molecule has 1 atom stereocenters. The molecule has 0 saturated carbocycles. The molecule has 1 aromatic rings. The lowest BCUT2D eigenvalue weighted by molar-refractivity contribution is -0.157. The average molecular weight is 289 g/mol. The van der Waals surface area contributed by atoms with Crippen LogP contribution >= 0.6 is 0 Å². The summed E-state index contributed by atoms with van der Waals surface area (Å²) >= 11 is 0. The van der Waals surface area contributed by atoms with Crippen LogP contribution in [0.5, 0.6) is 5.75 Å². The summed E-state index contributed by atoms with van der Waals surface area (Å²) in [6.45, 7) is 3.62. The number of piperidine rings is 1. The lowest BCUT2D eigenvalue weighted by Gasteiger charge is -2.31. The van der Waals surface area contributed by atoms with Crippen LogP contribution in [0.2, 0.25) is 0 Å². The molecule has 0 unspecified atom stereocenters. The predicted octanol–water partition coefficient (Wildman–Crippen LogP) is 0.620. The van der Waals surface area contributed by atoms with Crippen molar-refractivity contribution in [2.24, 2.45) is 5.92 Å². The number of ketones is 1. The molecule has 1 saturated heterocycles. The van der Waals surface area contributed by atoms with Gasteiger partial charge >= 0.3 is 0 Å². The fourth-order valence-corrected chi connectivity index (χ4v) is 2.98. The van der Waals surface area contributed by atoms with Gasteiger partial charge < -0.3 is 9.84 Å². The molecule has 0 radical (unpaired) electrons. The highest BCUT2D eigenvalue weighted by atomic mass is 16.6. The van der Waals surface area contributed by atoms with Crippen molar-refractivity contribution in [3.05, 3.63) is 28.8 Å². The minimum absolute atomic E-state index is 0.125. The van der Waals surface area contributed by atoms with Gasteiger partial charge in [-0.1, -0.05) is 6.07 Å². The standard InChI is InChI=1S/C15H15NO5/c1-7-3-8(2)13-10(4-7)14(19)15(20,21-13)9-5-11(17)16-12(18)6-9/h3-4,9,20H,5-6H2,1-2H3,(H,16,17,18)/t15-/m0/s1. The maximum atomic E-state index is 12.5. The molecule has 0 bridgehead atoms. The van der Waals surface area contributed by atoms with Gasteiger partial charge in [0.15, 0.2) is 0 Å². The molecule has 21 heavy (non-hydrogen) atoms. The van der Waals surface area contributed by atoms with Crippen molar-refractivity contribution in [3.63, 3.8) is 0 Å². The molecule has 0 spiro atoms. The molecular weight excluding hydrogens is 274 g/mol. The highest BCUT2D eigenvalue weighted by Crippen LogP contribution is 2.42. The van der Waals surface area contributed by atoms with Crippen molar-refractivity contribution in [2.75, 3.05) is 0 Å². The number of benzene rings is 1. The number of ether oxygens (including phenoxy) is 1. The summed E-state index contributed by atoms with van der Waals surface area (Å²) in [4.78, 5) is 35.5. The number of carbonyl (C=O) groups is 3. The number of hydrogen-bond acceptors (Lipinski definition) is 5. The minimum Gasteiger partial charge on any atom is -0.453 e. The number of aliphatic hydroxyl groups is 1. The number of Topliss-reactive ketones (excluding diaryl/α,β-unsaturated/α-hetero) is 1. The number of aryl methyl sites for hydroxylation is 2. The molecule has 2 N–H and O–H groups in total. The van der Waals surface area contributed by atoms with E-state index in [1.165, 1.54) is 0 Å². The molecule has 3 rings (SSSR count). The molecule has 2 heterocycles. The van der Waals surface area contributed by atoms with Crippen LogP contribution in [0.15, 0.2) is 12.1 Å². The Bertz CT molecular complexity index is 665. The lowest BCUT2D eigenvalue weighted by Crippen LogP contribution is -2.53. The van der Waals surface area contributed by atoms with Crippen LogP contribution in [-0.4, -0.2) is 28.5 Å². The number of imide groups is 1. The van der Waals surface area contributed by atoms with Gasteiger partial charge in [-0.25, -0.2) is 0 Å². The third kappa shape index (κ3) is 2.03. The molecule has 0 aliphatic carbocycles. The number of rotatable bonds is 1. The summed E-state index contributed by atoms with van der Waals surface area (Å²) in [5.74, 6) is -4.30. The number of carbonyl (C=O) groups excluding carboxylic acids is 3. The second-order valence-corrected chi connectivity index (χ2v) is 5.66. The average Bonchev–Trinajstić information content (AvgIpc) is 2.64. The smallest absolute Gasteiger partial charge is 0.276 e. The van der Waals surface area contributed by atoms with E-state index in [1.54, 1.807) is 13.0 Å². The summed E-state index contributed by atoms with van der Waals surface area (Å²) in [6.07, 6.45) is -0.250. The van der Waals surface area contributed by atoms with Crippen molar-refractivity contribution in [1.29, 1.82) is 0 Å². The quantitative estimate of drug-likeness (QED) is 0.739. The van der Waals surface area contributed by atoms with E-state index < -0.39 is 29.3 Å². The zero-order valence-corrected chi connectivity index (χ0v) is 11.7. The van der Waals surface area contributed by atoms with Gasteiger partial charge in [0, 0.05) is 12.8 Å². The van der Waals surface area contributed by atoms with Crippen molar-refractivity contribution < 1.29 is 24.2 Å². The first-order valence-electron chi connectivity index (χ1n) is 6.71. The van der Waals surface area contributed by atoms with E-state index in [-0.39, 0.29) is 12.8 Å². The van der Waals surface area contributed by atoms with E-state index in [1.807, 2.05) is 13.0 Å². The van der Waals surface area contributed by atoms with Crippen molar-refractivity contribution in [3.8, 4) is 5.75 Å². The van der Waals surface area contributed by atoms with E-state index in [9.17, 15) is 19.5 Å². The van der Waals surface area contributed by atoms with Gasteiger partial charge in [0.25, 0.3) is 5.79 Å². The second kappa shape index (κ2) is 4.39. The van der Waals surface area contributed by atoms with Crippen LogP contribution < -0.4 is 10.1 Å². The lowest BCUT2D eigenvalue weighted by atomic mass is 9.85. The molecule has 0 aromatic heterocycles. The number of amides is 2. The molecule has 110 valence electrons. The maximum absolute atomic E-state index is 12.5. The molecule has 6 nitrogen and oxygen atoms in total. The van der Waals surface area contributed by atoms with Crippen LogP contribution in [-0.2, 0) is 9.59 Å². The zero-order valence-electron chi connectivity index (χ0n) is 11.7. The Morgan fingerprint density at radius 2 is 1.81 bits per heavy atom. The molecule has 2 aliphatic rings. The van der Waals surface area contributed by atoms with Crippen LogP contribution in [0.25, 0.3) is 0 Å². The molecule has 2 amide bonds. The summed E-state index contributed by atoms with van der Waals surface area (Å²) in [7, 11) is 0. The van der Waals surface area contributed by atoms with Crippen molar-refractivity contribution in [1.82, 2.24) is 5.32 Å². The van der Waals surface area contributed by atoms with E-state index >= 15 is 0 Å². The molecule has 6 heteroatoms. The Hall–Kier alpha value is -2.21. The van der Waals surface area contributed by atoms with Gasteiger partial charge in [0.05, 0.1) is 11.5 Å². The van der Waals surface area contributed by atoms with Crippen molar-refractivity contribution in [2.45, 2.75) is 32.5 Å². The zero-order chi connectivity index (χ0) is 15.4. The van der Waals surface area contributed by atoms with Crippen molar-refractivity contribution >= 4 is 17.6 Å². The summed E-state index contributed by atoms with van der Waals surface area (Å²) < 4.78 is 5.50. The Kier molecular flexibility index (Phi) is 2.88. The molecule has 1 fully saturated rings. The molecular formula is C15H15NO5. The highest BCUT2D eigenvalue weighted by Gasteiger charge is 2.55. The van der Waals surface area contributed by atoms with Gasteiger partial charge in [-0.3, -0.25) is 19.7 Å². The maximum Gasteiger partial charge on any atom is 0.276 e. The predicted molar refractivity (Wildman–Crippen MR) is 71.7 cm³/mol. The third-order valence-corrected chi connectivity index (χ3v) is 3.94. The largest absolute Gasteiger partial charge is 0.453 e. The Balaban J connectivity index is 2.01. The fourth-order valence-electron chi connectivity index (χ4n) is 2.98. The van der Waals surface area contributed by atoms with E-state index in [2.05, 4.69) is 5.32 Å². The van der Waals surface area contributed by atoms with Crippen LogP contribution in [0.3, 0.4) is 0 Å². The van der Waals surface area contributed by atoms with Gasteiger partial charge in [0.2, 0.25) is 17.6 Å². The Labute approximate surface area is 121 Å². The van der Waals surface area contributed by atoms with Crippen LogP contribution in [0.1, 0.15) is 34.3 Å². The topological polar surface area (TPSA) is 92.7 Å².